The number of hydrogen-bond donors (Lipinski definition) is 1. The van der Waals surface area contributed by atoms with Crippen LogP contribution in [0.15, 0.2) is 82.2 Å². The Morgan fingerprint density at radius 2 is 1.31 bits per heavy atom. The molecule has 0 aromatic heterocycles. The molecule has 0 aliphatic rings. The number of nitrogens with one attached hydrogen (secondary N) is 1. The van der Waals surface area contributed by atoms with E-state index in [0.29, 0.717) is 10.5 Å². The summed E-state index contributed by atoms with van der Waals surface area (Å²) in [5.74, 6) is 0. The summed E-state index contributed by atoms with van der Waals surface area (Å²) in [5, 5.41) is 0. The normalized spacial score (nSPS) is 11.7. The lowest BCUT2D eigenvalue weighted by atomic mass is 10.00. The van der Waals surface area contributed by atoms with Gasteiger partial charge in [0.05, 0.1) is 10.9 Å². The summed E-state index contributed by atoms with van der Waals surface area (Å²) in [5.41, 5.74) is 3.38. The molecule has 0 spiro atoms. The van der Waals surface area contributed by atoms with E-state index in [0.717, 1.165) is 21.2 Å². The Bertz CT molecular complexity index is 963. The average molecular weight is 430 g/mol. The quantitative estimate of drug-likeness (QED) is 0.610. The van der Waals surface area contributed by atoms with Crippen LogP contribution < -0.4 is 4.72 Å². The summed E-state index contributed by atoms with van der Waals surface area (Å²) >= 11 is 3.46. The van der Waals surface area contributed by atoms with Crippen molar-refractivity contribution in [2.45, 2.75) is 24.8 Å². The van der Waals surface area contributed by atoms with Crippen molar-refractivity contribution in [2.75, 3.05) is 0 Å². The van der Waals surface area contributed by atoms with E-state index in [9.17, 15) is 8.42 Å². The Morgan fingerprint density at radius 1 is 0.808 bits per heavy atom. The maximum atomic E-state index is 13.1. The van der Waals surface area contributed by atoms with Gasteiger partial charge in [0.1, 0.15) is 0 Å². The van der Waals surface area contributed by atoms with Gasteiger partial charge in [-0.05, 0) is 48.2 Å². The van der Waals surface area contributed by atoms with Crippen molar-refractivity contribution in [1.29, 1.82) is 0 Å². The molecule has 0 aliphatic heterocycles. The summed E-state index contributed by atoms with van der Waals surface area (Å²) in [6, 6.07) is 22.3. The van der Waals surface area contributed by atoms with Gasteiger partial charge in [0, 0.05) is 4.47 Å². The zero-order valence-corrected chi connectivity index (χ0v) is 17.0. The van der Waals surface area contributed by atoms with Crippen LogP contribution in [0.1, 0.15) is 28.3 Å². The molecule has 3 rings (SSSR count). The first kappa shape index (κ1) is 18.8. The van der Waals surface area contributed by atoms with E-state index in [2.05, 4.69) is 20.7 Å². The van der Waals surface area contributed by atoms with E-state index < -0.39 is 16.1 Å². The lowest BCUT2D eigenvalue weighted by Gasteiger charge is -2.21. The molecule has 5 heteroatoms. The molecule has 0 radical (unpaired) electrons. The molecule has 1 N–H and O–H groups in total. The number of halogens is 1. The Labute approximate surface area is 163 Å². The topological polar surface area (TPSA) is 46.2 Å². The van der Waals surface area contributed by atoms with Crippen LogP contribution in [0.25, 0.3) is 0 Å². The van der Waals surface area contributed by atoms with Gasteiger partial charge in [-0.2, -0.15) is 4.72 Å². The van der Waals surface area contributed by atoms with E-state index in [4.69, 9.17) is 0 Å². The highest BCUT2D eigenvalue weighted by atomic mass is 79.9. The van der Waals surface area contributed by atoms with Crippen LogP contribution in [0, 0.1) is 13.8 Å². The second-order valence-electron chi connectivity index (χ2n) is 6.24. The van der Waals surface area contributed by atoms with Gasteiger partial charge in [0.15, 0.2) is 0 Å². The predicted molar refractivity (Wildman–Crippen MR) is 109 cm³/mol. The second kappa shape index (κ2) is 7.74. The summed E-state index contributed by atoms with van der Waals surface area (Å²) < 4.78 is 30.1. The van der Waals surface area contributed by atoms with Crippen molar-refractivity contribution < 1.29 is 8.42 Å². The van der Waals surface area contributed by atoms with Crippen molar-refractivity contribution in [3.05, 3.63) is 99.5 Å². The first-order valence-electron chi connectivity index (χ1n) is 8.27. The van der Waals surface area contributed by atoms with Gasteiger partial charge in [-0.15, -0.1) is 0 Å². The molecule has 3 aromatic carbocycles. The highest BCUT2D eigenvalue weighted by Gasteiger charge is 2.24. The fourth-order valence-corrected chi connectivity index (χ4v) is 4.86. The molecule has 0 saturated carbocycles. The molecular formula is C21H20BrNO2S. The van der Waals surface area contributed by atoms with E-state index in [1.54, 1.807) is 13.0 Å². The molecule has 134 valence electrons. The van der Waals surface area contributed by atoms with Crippen molar-refractivity contribution in [3.8, 4) is 0 Å². The van der Waals surface area contributed by atoms with Crippen molar-refractivity contribution in [1.82, 2.24) is 4.72 Å². The average Bonchev–Trinajstić information content (AvgIpc) is 2.64. The largest absolute Gasteiger partial charge is 0.241 e. The molecule has 0 fully saturated rings. The molecule has 0 heterocycles. The van der Waals surface area contributed by atoms with Crippen LogP contribution in [-0.2, 0) is 10.0 Å². The number of rotatable bonds is 5. The standard InChI is InChI=1S/C21H20BrNO2S/c1-15-14-20(16(2)13-19(15)22)26(24,25)23-21(17-9-5-3-6-10-17)18-11-7-4-8-12-18/h3-14,21,23H,1-2H3. The zero-order chi connectivity index (χ0) is 18.7. The molecule has 3 aromatic rings. The highest BCUT2D eigenvalue weighted by molar-refractivity contribution is 9.10. The zero-order valence-electron chi connectivity index (χ0n) is 14.6. The summed E-state index contributed by atoms with van der Waals surface area (Å²) in [6.07, 6.45) is 0. The molecule has 3 nitrogen and oxygen atoms in total. The molecule has 0 saturated heterocycles. The van der Waals surface area contributed by atoms with Crippen LogP contribution in [0.5, 0.6) is 0 Å². The molecule has 0 amide bonds. The van der Waals surface area contributed by atoms with Crippen LogP contribution in [0.3, 0.4) is 0 Å². The van der Waals surface area contributed by atoms with Gasteiger partial charge in [-0.1, -0.05) is 76.6 Å². The van der Waals surface area contributed by atoms with E-state index in [1.165, 1.54) is 0 Å². The summed E-state index contributed by atoms with van der Waals surface area (Å²) in [7, 11) is -3.70. The minimum absolute atomic E-state index is 0.301. The Kier molecular flexibility index (Phi) is 5.61. The van der Waals surface area contributed by atoms with Gasteiger partial charge in [0.25, 0.3) is 0 Å². The minimum Gasteiger partial charge on any atom is -0.207 e. The van der Waals surface area contributed by atoms with Crippen molar-refractivity contribution >= 4 is 26.0 Å². The lowest BCUT2D eigenvalue weighted by molar-refractivity contribution is 0.571. The van der Waals surface area contributed by atoms with Gasteiger partial charge in [0.2, 0.25) is 10.0 Å². The molecule has 0 unspecified atom stereocenters. The molecular weight excluding hydrogens is 410 g/mol. The number of sulfonamides is 1. The van der Waals surface area contributed by atoms with Crippen molar-refractivity contribution in [2.24, 2.45) is 0 Å². The molecule has 0 atom stereocenters. The first-order chi connectivity index (χ1) is 12.4. The number of benzene rings is 3. The molecule has 0 bridgehead atoms. The predicted octanol–water partition coefficient (Wildman–Crippen LogP) is 5.13. The smallest absolute Gasteiger partial charge is 0.207 e. The SMILES string of the molecule is Cc1cc(S(=O)(=O)NC(c2ccccc2)c2ccccc2)c(C)cc1Br. The molecule has 26 heavy (non-hydrogen) atoms. The van der Waals surface area contributed by atoms with E-state index >= 15 is 0 Å². The fraction of sp³-hybridized carbons (Fsp3) is 0.143. The van der Waals surface area contributed by atoms with Crippen LogP contribution in [-0.4, -0.2) is 8.42 Å². The summed E-state index contributed by atoms with van der Waals surface area (Å²) in [4.78, 5) is 0.301. The first-order valence-corrected chi connectivity index (χ1v) is 10.5. The third-order valence-electron chi connectivity index (χ3n) is 4.28. The van der Waals surface area contributed by atoms with E-state index in [-0.39, 0.29) is 0 Å². The Hall–Kier alpha value is -1.95. The fourth-order valence-electron chi connectivity index (χ4n) is 2.88. The summed E-state index contributed by atoms with van der Waals surface area (Å²) in [6.45, 7) is 3.69. The lowest BCUT2D eigenvalue weighted by Crippen LogP contribution is -2.30. The maximum absolute atomic E-state index is 13.1. The van der Waals surface area contributed by atoms with Gasteiger partial charge >= 0.3 is 0 Å². The minimum atomic E-state index is -3.70. The maximum Gasteiger partial charge on any atom is 0.241 e. The van der Waals surface area contributed by atoms with E-state index in [1.807, 2.05) is 73.7 Å². The third kappa shape index (κ3) is 4.06. The molecule has 0 aliphatic carbocycles. The monoisotopic (exact) mass is 429 g/mol. The van der Waals surface area contributed by atoms with Crippen LogP contribution >= 0.6 is 15.9 Å². The Balaban J connectivity index is 2.06. The number of aryl methyl sites for hydroxylation is 2. The van der Waals surface area contributed by atoms with Gasteiger partial charge in [-0.3, -0.25) is 0 Å². The second-order valence-corrected chi connectivity index (χ2v) is 8.78. The van der Waals surface area contributed by atoms with Crippen LogP contribution in [0.4, 0.5) is 0 Å². The van der Waals surface area contributed by atoms with Crippen LogP contribution in [0.2, 0.25) is 0 Å². The van der Waals surface area contributed by atoms with Crippen molar-refractivity contribution in [3.63, 3.8) is 0 Å². The van der Waals surface area contributed by atoms with Gasteiger partial charge < -0.3 is 0 Å². The Morgan fingerprint density at radius 3 is 1.81 bits per heavy atom. The van der Waals surface area contributed by atoms with Gasteiger partial charge in [-0.25, -0.2) is 8.42 Å². The highest BCUT2D eigenvalue weighted by Crippen LogP contribution is 2.28. The number of hydrogen-bond acceptors (Lipinski definition) is 2. The third-order valence-corrected chi connectivity index (χ3v) is 6.70.